The first-order valence-corrected chi connectivity index (χ1v) is 13.0. The Kier molecular flexibility index (Phi) is 4.98. The number of sulfonamides is 1. The molecule has 1 aromatic heterocycles. The monoisotopic (exact) mass is 509 g/mol. The molecule has 188 valence electrons. The van der Waals surface area contributed by atoms with Gasteiger partial charge in [-0.3, -0.25) is 5.16 Å². The predicted octanol–water partition coefficient (Wildman–Crippen LogP) is 2.91. The Morgan fingerprint density at radius 2 is 1.83 bits per heavy atom. The van der Waals surface area contributed by atoms with E-state index in [0.29, 0.717) is 17.7 Å². The summed E-state index contributed by atoms with van der Waals surface area (Å²) in [6, 6.07) is 8.52. The molecular formula is C25H23N3O7S-2. The number of fused-ring (bicyclic) bond motifs is 4. The lowest BCUT2D eigenvalue weighted by atomic mass is 9.79. The van der Waals surface area contributed by atoms with Gasteiger partial charge in [-0.15, -0.1) is 0 Å². The van der Waals surface area contributed by atoms with E-state index in [4.69, 9.17) is 14.0 Å². The van der Waals surface area contributed by atoms with Crippen LogP contribution >= 0.6 is 0 Å². The molecule has 2 aromatic carbocycles. The number of aromatic carboxylic acids is 1. The molecule has 3 aliphatic rings. The average Bonchev–Trinajstić information content (AvgIpc) is 3.49. The van der Waals surface area contributed by atoms with Gasteiger partial charge in [0.05, 0.1) is 20.2 Å². The molecule has 1 saturated heterocycles. The molecule has 0 radical (unpaired) electrons. The number of methoxy groups -OCH3 is 2. The number of carbonyl (C=O) groups excluding carboxylic acids is 1. The van der Waals surface area contributed by atoms with E-state index < -0.39 is 20.9 Å². The molecule has 36 heavy (non-hydrogen) atoms. The zero-order valence-corrected chi connectivity index (χ0v) is 20.6. The number of hydrogen-bond acceptors (Lipinski definition) is 9. The van der Waals surface area contributed by atoms with Gasteiger partial charge in [-0.25, -0.2) is 8.42 Å². The van der Waals surface area contributed by atoms with Crippen molar-refractivity contribution in [2.24, 2.45) is 0 Å². The molecule has 0 amide bonds. The lowest BCUT2D eigenvalue weighted by Gasteiger charge is -2.35. The van der Waals surface area contributed by atoms with Gasteiger partial charge in [-0.05, 0) is 66.9 Å². The number of carboxylic acid groups (broad SMARTS) is 1. The quantitative estimate of drug-likeness (QED) is 0.471. The van der Waals surface area contributed by atoms with Gasteiger partial charge in [0.15, 0.2) is 4.90 Å². The second-order valence-electron chi connectivity index (χ2n) is 9.41. The number of anilines is 1. The van der Waals surface area contributed by atoms with Crippen LogP contribution in [0.2, 0.25) is 0 Å². The minimum absolute atomic E-state index is 0.0237. The maximum atomic E-state index is 13.5. The second kappa shape index (κ2) is 7.89. The minimum Gasteiger partial charge on any atom is -0.545 e. The third-order valence-electron chi connectivity index (χ3n) is 7.34. The lowest BCUT2D eigenvalue weighted by molar-refractivity contribution is -0.255. The van der Waals surface area contributed by atoms with Crippen molar-refractivity contribution in [3.63, 3.8) is 0 Å². The Labute approximate surface area is 207 Å². The summed E-state index contributed by atoms with van der Waals surface area (Å²) in [5.41, 5.74) is 3.53. The molecule has 11 heteroatoms. The molecule has 6 rings (SSSR count). The Morgan fingerprint density at radius 3 is 2.39 bits per heavy atom. The summed E-state index contributed by atoms with van der Waals surface area (Å²) in [7, 11) is -1.96. The number of aromatic nitrogens is 1. The van der Waals surface area contributed by atoms with Crippen LogP contribution in [0.25, 0.3) is 16.0 Å². The number of benzene rings is 2. The van der Waals surface area contributed by atoms with Crippen molar-refractivity contribution in [3.05, 3.63) is 51.7 Å². The van der Waals surface area contributed by atoms with Crippen molar-refractivity contribution in [2.45, 2.75) is 36.0 Å². The van der Waals surface area contributed by atoms with Crippen LogP contribution in [0.3, 0.4) is 0 Å². The topological polar surface area (TPSA) is 136 Å². The number of ether oxygens (including phenoxy) is 2. The highest BCUT2D eigenvalue weighted by atomic mass is 32.2. The standard InChI is InChI=1S/C25H25N3O7S/c1-33-19-10-14(24(29)30)11-20(34-2)22(19)36(31,32)27-23-17-13-25(6-7-25)18-5-4-15(28-8-3-9-28)12-16(18)21(17)35-26-23/h4-5,10-12H,3,6-9,13H2,1-2H3,(H2,26,27,29,30)/p-2. The maximum Gasteiger partial charge on any atom is 0.209 e. The Balaban J connectivity index is 1.42. The third-order valence-corrected chi connectivity index (χ3v) is 8.67. The van der Waals surface area contributed by atoms with E-state index in [1.54, 1.807) is 0 Å². The molecule has 1 saturated carbocycles. The first kappa shape index (κ1) is 22.7. The van der Waals surface area contributed by atoms with Crippen molar-refractivity contribution in [2.75, 3.05) is 32.2 Å². The fourth-order valence-corrected chi connectivity index (χ4v) is 6.39. The van der Waals surface area contributed by atoms with E-state index in [-0.39, 0.29) is 28.3 Å². The van der Waals surface area contributed by atoms with E-state index in [0.717, 1.165) is 55.7 Å². The second-order valence-corrected chi connectivity index (χ2v) is 10.9. The van der Waals surface area contributed by atoms with Crippen LogP contribution in [-0.4, -0.2) is 46.9 Å². The fraction of sp³-hybridized carbons (Fsp3) is 0.360. The normalized spacial score (nSPS) is 17.1. The van der Waals surface area contributed by atoms with Crippen molar-refractivity contribution >= 4 is 27.5 Å². The Bertz CT molecular complexity index is 1480. The van der Waals surface area contributed by atoms with Crippen LogP contribution in [0, 0.1) is 0 Å². The first-order chi connectivity index (χ1) is 17.3. The number of carboxylic acids is 1. The number of nitrogens with zero attached hydrogens (tertiary/aromatic N) is 3. The molecule has 2 fully saturated rings. The number of rotatable bonds is 7. The highest BCUT2D eigenvalue weighted by molar-refractivity contribution is 7.94. The molecule has 2 heterocycles. The fourth-order valence-electron chi connectivity index (χ4n) is 5.14. The van der Waals surface area contributed by atoms with Crippen LogP contribution in [0.5, 0.6) is 11.5 Å². The van der Waals surface area contributed by atoms with Gasteiger partial charge in [0.1, 0.15) is 17.3 Å². The summed E-state index contributed by atoms with van der Waals surface area (Å²) in [6.07, 6.45) is 3.72. The average molecular weight is 510 g/mol. The Hall–Kier alpha value is -3.73. The van der Waals surface area contributed by atoms with Crippen LogP contribution in [0.15, 0.2) is 39.8 Å². The van der Waals surface area contributed by atoms with Crippen LogP contribution in [0.4, 0.5) is 11.5 Å². The van der Waals surface area contributed by atoms with E-state index in [9.17, 15) is 18.3 Å². The van der Waals surface area contributed by atoms with E-state index >= 15 is 0 Å². The smallest absolute Gasteiger partial charge is 0.209 e. The summed E-state index contributed by atoms with van der Waals surface area (Å²) in [4.78, 5) is 13.2. The molecule has 0 atom stereocenters. The van der Waals surface area contributed by atoms with Gasteiger partial charge in [0, 0.05) is 35.3 Å². The van der Waals surface area contributed by atoms with E-state index in [1.165, 1.54) is 19.8 Å². The van der Waals surface area contributed by atoms with Crippen LogP contribution in [0.1, 0.15) is 40.7 Å². The largest absolute Gasteiger partial charge is 0.545 e. The summed E-state index contributed by atoms with van der Waals surface area (Å²) < 4.78 is 47.0. The van der Waals surface area contributed by atoms with Crippen molar-refractivity contribution in [1.29, 1.82) is 0 Å². The minimum atomic E-state index is -4.42. The van der Waals surface area contributed by atoms with Gasteiger partial charge in [-0.1, -0.05) is 6.07 Å². The van der Waals surface area contributed by atoms with Gasteiger partial charge < -0.3 is 33.5 Å². The van der Waals surface area contributed by atoms with Gasteiger partial charge in [-0.2, -0.15) is 0 Å². The molecule has 0 bridgehead atoms. The SMILES string of the molecule is COc1cc(C(=O)[O-])cc(OC)c1S(=O)(=O)[N-]c1noc2c1CC1(CC1)c1ccc(N3CCC3)cc1-2. The molecule has 0 unspecified atom stereocenters. The van der Waals surface area contributed by atoms with Crippen molar-refractivity contribution < 1.29 is 32.3 Å². The number of hydrogen-bond donors (Lipinski definition) is 0. The molecule has 1 spiro atoms. The summed E-state index contributed by atoms with van der Waals surface area (Å²) in [6.45, 7) is 2.01. The van der Waals surface area contributed by atoms with E-state index in [1.807, 2.05) is 0 Å². The van der Waals surface area contributed by atoms with Gasteiger partial charge in [0.2, 0.25) is 10.0 Å². The molecule has 0 N–H and O–H groups in total. The number of carbonyl (C=O) groups is 1. The van der Waals surface area contributed by atoms with Crippen molar-refractivity contribution in [1.82, 2.24) is 5.16 Å². The first-order valence-electron chi connectivity index (χ1n) is 11.6. The molecule has 3 aromatic rings. The summed E-state index contributed by atoms with van der Waals surface area (Å²) >= 11 is 0. The summed E-state index contributed by atoms with van der Waals surface area (Å²) in [5, 5.41) is 15.4. The van der Waals surface area contributed by atoms with Gasteiger partial charge in [0.25, 0.3) is 0 Å². The highest BCUT2D eigenvalue weighted by Crippen LogP contribution is 2.59. The zero-order chi connectivity index (χ0) is 25.2. The predicted molar refractivity (Wildman–Crippen MR) is 127 cm³/mol. The van der Waals surface area contributed by atoms with Crippen molar-refractivity contribution in [3.8, 4) is 22.8 Å². The molecular weight excluding hydrogens is 486 g/mol. The summed E-state index contributed by atoms with van der Waals surface area (Å²) in [5.74, 6) is -1.44. The van der Waals surface area contributed by atoms with Crippen LogP contribution < -0.4 is 19.5 Å². The highest BCUT2D eigenvalue weighted by Gasteiger charge is 2.49. The Morgan fingerprint density at radius 1 is 1.14 bits per heavy atom. The van der Waals surface area contributed by atoms with Gasteiger partial charge >= 0.3 is 0 Å². The van der Waals surface area contributed by atoms with Crippen LogP contribution in [-0.2, 0) is 21.9 Å². The molecule has 2 aliphatic carbocycles. The maximum absolute atomic E-state index is 13.5. The lowest BCUT2D eigenvalue weighted by Crippen LogP contribution is -2.37. The molecule has 10 nitrogen and oxygen atoms in total. The van der Waals surface area contributed by atoms with E-state index in [2.05, 4.69) is 33.0 Å². The molecule has 1 aliphatic heterocycles. The third kappa shape index (κ3) is 3.41. The zero-order valence-electron chi connectivity index (χ0n) is 19.7.